The highest BCUT2D eigenvalue weighted by Crippen LogP contribution is 2.32. The van der Waals surface area contributed by atoms with Crippen molar-refractivity contribution in [2.75, 3.05) is 0 Å². The number of benzene rings is 1. The maximum Gasteiger partial charge on any atom is 0.264 e. The molecule has 14 heavy (non-hydrogen) atoms. The van der Waals surface area contributed by atoms with Gasteiger partial charge in [-0.1, -0.05) is 23.2 Å². The molecule has 0 heterocycles. The zero-order chi connectivity index (χ0) is 10.9. The molecule has 0 aliphatic rings. The van der Waals surface area contributed by atoms with Crippen LogP contribution >= 0.6 is 33.9 Å². The van der Waals surface area contributed by atoms with Crippen molar-refractivity contribution < 1.29 is 8.42 Å². The number of hydrogen-bond donors (Lipinski definition) is 0. The molecule has 7 heteroatoms. The highest BCUT2D eigenvalue weighted by molar-refractivity contribution is 8.14. The first kappa shape index (κ1) is 11.6. The standard InChI is InChI=1S/C7H2Cl3NO2S/c8-5-1-4(3-11)2-6(9)7(5)14(10,12)13/h1-2H. The lowest BCUT2D eigenvalue weighted by Crippen LogP contribution is -1.94. The van der Waals surface area contributed by atoms with E-state index in [0.29, 0.717) is 0 Å². The lowest BCUT2D eigenvalue weighted by molar-refractivity contribution is 0.609. The second-order valence-corrected chi connectivity index (χ2v) is 5.64. The second kappa shape index (κ2) is 3.95. The lowest BCUT2D eigenvalue weighted by Gasteiger charge is -2.02. The van der Waals surface area contributed by atoms with Gasteiger partial charge in [0.25, 0.3) is 9.05 Å². The summed E-state index contributed by atoms with van der Waals surface area (Å²) >= 11 is 11.2. The van der Waals surface area contributed by atoms with E-state index in [9.17, 15) is 8.42 Å². The molecule has 0 fully saturated rings. The summed E-state index contributed by atoms with van der Waals surface area (Å²) < 4.78 is 22.0. The molecule has 0 saturated carbocycles. The summed E-state index contributed by atoms with van der Waals surface area (Å²) in [5.41, 5.74) is 0.170. The van der Waals surface area contributed by atoms with Crippen molar-refractivity contribution >= 4 is 42.9 Å². The summed E-state index contributed by atoms with van der Waals surface area (Å²) in [5, 5.41) is 8.20. The van der Waals surface area contributed by atoms with Gasteiger partial charge in [0.05, 0.1) is 21.7 Å². The van der Waals surface area contributed by atoms with Gasteiger partial charge in [-0.2, -0.15) is 5.26 Å². The van der Waals surface area contributed by atoms with Crippen molar-refractivity contribution in [1.29, 1.82) is 5.26 Å². The minimum atomic E-state index is -3.99. The van der Waals surface area contributed by atoms with Crippen molar-refractivity contribution in [1.82, 2.24) is 0 Å². The molecule has 1 rings (SSSR count). The highest BCUT2D eigenvalue weighted by Gasteiger charge is 2.19. The molecule has 0 bridgehead atoms. The average molecular weight is 271 g/mol. The Hall–Kier alpha value is -0.470. The van der Waals surface area contributed by atoms with Crippen LogP contribution in [0.15, 0.2) is 17.0 Å². The fourth-order valence-corrected chi connectivity index (χ4v) is 3.27. The number of halogens is 3. The van der Waals surface area contributed by atoms with Gasteiger partial charge in [0, 0.05) is 10.7 Å². The second-order valence-electron chi connectivity index (χ2n) is 2.32. The molecule has 74 valence electrons. The monoisotopic (exact) mass is 269 g/mol. The fraction of sp³-hybridized carbons (Fsp3) is 0. The van der Waals surface area contributed by atoms with Gasteiger partial charge in [-0.05, 0) is 12.1 Å². The summed E-state index contributed by atoms with van der Waals surface area (Å²) in [6, 6.07) is 4.15. The average Bonchev–Trinajstić information content (AvgIpc) is 1.99. The Morgan fingerprint density at radius 3 is 1.93 bits per heavy atom. The first-order valence-electron chi connectivity index (χ1n) is 3.20. The van der Waals surface area contributed by atoms with Crippen LogP contribution < -0.4 is 0 Å². The van der Waals surface area contributed by atoms with Crippen molar-refractivity contribution in [3.8, 4) is 6.07 Å². The van der Waals surface area contributed by atoms with Crippen LogP contribution in [-0.2, 0) is 9.05 Å². The van der Waals surface area contributed by atoms with E-state index in [1.54, 1.807) is 6.07 Å². The van der Waals surface area contributed by atoms with Crippen LogP contribution in [0.4, 0.5) is 0 Å². The molecule has 0 aliphatic heterocycles. The molecule has 0 radical (unpaired) electrons. The first-order chi connectivity index (χ1) is 6.36. The van der Waals surface area contributed by atoms with Crippen LogP contribution in [0, 0.1) is 11.3 Å². The third-order valence-electron chi connectivity index (χ3n) is 1.37. The fourth-order valence-electron chi connectivity index (χ4n) is 0.857. The number of rotatable bonds is 1. The van der Waals surface area contributed by atoms with Crippen molar-refractivity contribution in [2.45, 2.75) is 4.90 Å². The predicted octanol–water partition coefficient (Wildman–Crippen LogP) is 2.79. The zero-order valence-corrected chi connectivity index (χ0v) is 9.54. The molecule has 0 saturated heterocycles. The highest BCUT2D eigenvalue weighted by atomic mass is 35.7. The molecule has 3 nitrogen and oxygen atoms in total. The van der Waals surface area contributed by atoms with Gasteiger partial charge in [-0.15, -0.1) is 0 Å². The largest absolute Gasteiger partial charge is 0.264 e. The smallest absolute Gasteiger partial charge is 0.207 e. The predicted molar refractivity (Wildman–Crippen MR) is 54.2 cm³/mol. The molecule has 0 amide bonds. The summed E-state index contributed by atoms with van der Waals surface area (Å²) in [6.07, 6.45) is 0. The van der Waals surface area contributed by atoms with E-state index in [-0.39, 0.29) is 20.5 Å². The lowest BCUT2D eigenvalue weighted by atomic mass is 10.2. The molecule has 0 aliphatic carbocycles. The SMILES string of the molecule is N#Cc1cc(Cl)c(S(=O)(=O)Cl)c(Cl)c1. The summed E-state index contributed by atoms with van der Waals surface area (Å²) in [4.78, 5) is -0.374. The van der Waals surface area contributed by atoms with E-state index < -0.39 is 9.05 Å². The van der Waals surface area contributed by atoms with E-state index in [0.717, 1.165) is 0 Å². The van der Waals surface area contributed by atoms with E-state index in [4.69, 9.17) is 39.1 Å². The summed E-state index contributed by atoms with van der Waals surface area (Å²) in [7, 11) is 1.09. The van der Waals surface area contributed by atoms with Gasteiger partial charge in [-0.25, -0.2) is 8.42 Å². The van der Waals surface area contributed by atoms with Gasteiger partial charge in [0.1, 0.15) is 4.90 Å². The molecule has 1 aromatic carbocycles. The quantitative estimate of drug-likeness (QED) is 0.737. The van der Waals surface area contributed by atoms with Crippen LogP contribution in [0.1, 0.15) is 5.56 Å². The molecule has 0 aromatic heterocycles. The van der Waals surface area contributed by atoms with E-state index >= 15 is 0 Å². The minimum absolute atomic E-state index is 0.163. The third kappa shape index (κ3) is 2.31. The molecular formula is C7H2Cl3NO2S. The van der Waals surface area contributed by atoms with Gasteiger partial charge in [-0.3, -0.25) is 0 Å². The maximum absolute atomic E-state index is 11.0. The summed E-state index contributed by atoms with van der Waals surface area (Å²) in [5.74, 6) is 0. The summed E-state index contributed by atoms with van der Waals surface area (Å²) in [6.45, 7) is 0. The topological polar surface area (TPSA) is 57.9 Å². The first-order valence-corrected chi connectivity index (χ1v) is 6.26. The molecule has 0 spiro atoms. The van der Waals surface area contributed by atoms with E-state index in [1.165, 1.54) is 12.1 Å². The number of nitriles is 1. The van der Waals surface area contributed by atoms with Gasteiger partial charge in [0.2, 0.25) is 0 Å². The zero-order valence-electron chi connectivity index (χ0n) is 6.46. The van der Waals surface area contributed by atoms with Crippen LogP contribution in [0.5, 0.6) is 0 Å². The van der Waals surface area contributed by atoms with Crippen LogP contribution in [0.25, 0.3) is 0 Å². The Morgan fingerprint density at radius 1 is 1.21 bits per heavy atom. The van der Waals surface area contributed by atoms with Crippen LogP contribution in [0.2, 0.25) is 10.0 Å². The van der Waals surface area contributed by atoms with Crippen molar-refractivity contribution in [3.63, 3.8) is 0 Å². The van der Waals surface area contributed by atoms with Gasteiger partial charge >= 0.3 is 0 Å². The van der Waals surface area contributed by atoms with Crippen molar-refractivity contribution in [3.05, 3.63) is 27.7 Å². The molecule has 0 atom stereocenters. The Balaban J connectivity index is 3.59. The Bertz CT molecular complexity index is 495. The van der Waals surface area contributed by atoms with Crippen molar-refractivity contribution in [2.24, 2.45) is 0 Å². The molecular weight excluding hydrogens is 269 g/mol. The Kier molecular flexibility index (Phi) is 3.28. The van der Waals surface area contributed by atoms with Gasteiger partial charge in [0.15, 0.2) is 0 Å². The van der Waals surface area contributed by atoms with Crippen LogP contribution in [0.3, 0.4) is 0 Å². The molecule has 1 aromatic rings. The Morgan fingerprint density at radius 2 is 1.64 bits per heavy atom. The van der Waals surface area contributed by atoms with Gasteiger partial charge < -0.3 is 0 Å². The van der Waals surface area contributed by atoms with E-state index in [1.807, 2.05) is 0 Å². The molecule has 0 unspecified atom stereocenters. The maximum atomic E-state index is 11.0. The number of nitrogens with zero attached hydrogens (tertiary/aromatic N) is 1. The minimum Gasteiger partial charge on any atom is -0.207 e. The number of hydrogen-bond acceptors (Lipinski definition) is 3. The molecule has 0 N–H and O–H groups in total. The normalized spacial score (nSPS) is 11.0. The third-order valence-corrected chi connectivity index (χ3v) is 3.58. The van der Waals surface area contributed by atoms with Crippen LogP contribution in [-0.4, -0.2) is 8.42 Å². The Labute approximate surface area is 95.2 Å². The van der Waals surface area contributed by atoms with E-state index in [2.05, 4.69) is 0 Å².